The van der Waals surface area contributed by atoms with Crippen LogP contribution in [0.15, 0.2) is 18.2 Å². The second kappa shape index (κ2) is 7.69. The smallest absolute Gasteiger partial charge is 0.317 e. The van der Waals surface area contributed by atoms with Gasteiger partial charge in [0.25, 0.3) is 0 Å². The van der Waals surface area contributed by atoms with Gasteiger partial charge in [-0.3, -0.25) is 0 Å². The van der Waals surface area contributed by atoms with Crippen LogP contribution in [0.1, 0.15) is 12.5 Å². The number of hydrogen-bond acceptors (Lipinski definition) is 4. The van der Waals surface area contributed by atoms with Gasteiger partial charge in [0, 0.05) is 36.5 Å². The average molecular weight is 349 g/mol. The number of carbonyl (C=O) groups excluding carboxylic acids is 1. The maximum Gasteiger partial charge on any atom is 0.317 e. The average Bonchev–Trinajstić information content (AvgIpc) is 2.42. The minimum atomic E-state index is -3.14. The second-order valence-corrected chi connectivity index (χ2v) is 7.79. The van der Waals surface area contributed by atoms with E-state index in [1.165, 1.54) is 12.0 Å². The Labute approximate surface area is 136 Å². The monoisotopic (exact) mass is 348 g/mol. The molecule has 0 saturated carbocycles. The van der Waals surface area contributed by atoms with Crippen LogP contribution in [-0.4, -0.2) is 51.6 Å². The van der Waals surface area contributed by atoms with E-state index >= 15 is 0 Å². The predicted octanol–water partition coefficient (Wildman–Crippen LogP) is 1.92. The Morgan fingerprint density at radius 3 is 2.64 bits per heavy atom. The lowest BCUT2D eigenvalue weighted by Crippen LogP contribution is -2.44. The molecule has 0 bridgehead atoms. The number of nitrogens with zero attached hydrogens (tertiary/aromatic N) is 1. The van der Waals surface area contributed by atoms with Crippen LogP contribution >= 0.6 is 11.6 Å². The van der Waals surface area contributed by atoms with Crippen LogP contribution in [0.5, 0.6) is 5.75 Å². The van der Waals surface area contributed by atoms with Crippen LogP contribution < -0.4 is 10.1 Å². The van der Waals surface area contributed by atoms with Crippen LogP contribution in [0, 0.1) is 0 Å². The lowest BCUT2D eigenvalue weighted by molar-refractivity contribution is 0.197. The van der Waals surface area contributed by atoms with E-state index in [4.69, 9.17) is 16.3 Å². The molecule has 6 nitrogen and oxygen atoms in total. The number of benzene rings is 1. The molecule has 1 N–H and O–H groups in total. The van der Waals surface area contributed by atoms with Crippen LogP contribution in [0.2, 0.25) is 5.02 Å². The Morgan fingerprint density at radius 2 is 2.09 bits per heavy atom. The molecule has 0 spiro atoms. The summed E-state index contributed by atoms with van der Waals surface area (Å²) in [4.78, 5) is 13.4. The van der Waals surface area contributed by atoms with E-state index in [1.54, 1.807) is 32.2 Å². The second-order valence-electron chi connectivity index (χ2n) is 5.17. The molecule has 0 aromatic heterocycles. The fourth-order valence-corrected chi connectivity index (χ4v) is 3.17. The molecular weight excluding hydrogens is 328 g/mol. The van der Waals surface area contributed by atoms with Gasteiger partial charge >= 0.3 is 6.03 Å². The topological polar surface area (TPSA) is 75.7 Å². The summed E-state index contributed by atoms with van der Waals surface area (Å²) in [5.74, 6) is 0.501. The number of carbonyl (C=O) groups is 1. The van der Waals surface area contributed by atoms with Crippen molar-refractivity contribution in [1.29, 1.82) is 0 Å². The number of hydrogen-bond donors (Lipinski definition) is 1. The van der Waals surface area contributed by atoms with Crippen molar-refractivity contribution in [2.24, 2.45) is 0 Å². The first kappa shape index (κ1) is 18.6. The molecule has 2 amide bonds. The Hall–Kier alpha value is -1.47. The van der Waals surface area contributed by atoms with E-state index in [0.717, 1.165) is 11.8 Å². The highest BCUT2D eigenvalue weighted by Crippen LogP contribution is 2.22. The van der Waals surface area contributed by atoms with E-state index in [1.807, 2.05) is 0 Å². The normalized spacial score (nSPS) is 12.6. The molecule has 0 saturated heterocycles. The highest BCUT2D eigenvalue weighted by molar-refractivity contribution is 7.90. The molecule has 8 heteroatoms. The Bertz CT molecular complexity index is 634. The molecule has 0 unspecified atom stereocenters. The van der Waals surface area contributed by atoms with Gasteiger partial charge in [0.1, 0.15) is 15.6 Å². The van der Waals surface area contributed by atoms with E-state index in [0.29, 0.717) is 10.8 Å². The fraction of sp³-hybridized carbons (Fsp3) is 0.500. The zero-order valence-electron chi connectivity index (χ0n) is 13.1. The third-order valence-corrected chi connectivity index (χ3v) is 4.53. The standard InChI is InChI=1S/C14H21ClN2O4S/c1-10(9-22(4,19)20)17(2)14(18)16-8-11-5-6-12(15)7-13(11)21-3/h5-7,10H,8-9H2,1-4H3,(H,16,18)/t10-/m1/s1. The Morgan fingerprint density at radius 1 is 1.45 bits per heavy atom. The van der Waals surface area contributed by atoms with Crippen molar-refractivity contribution in [3.05, 3.63) is 28.8 Å². The molecule has 0 heterocycles. The van der Waals surface area contributed by atoms with Crippen molar-refractivity contribution >= 4 is 27.5 Å². The predicted molar refractivity (Wildman–Crippen MR) is 87.2 cm³/mol. The quantitative estimate of drug-likeness (QED) is 0.852. The number of urea groups is 1. The molecule has 0 aliphatic heterocycles. The molecule has 1 atom stereocenters. The van der Waals surface area contributed by atoms with Crippen molar-refractivity contribution < 1.29 is 17.9 Å². The Balaban J connectivity index is 2.66. The van der Waals surface area contributed by atoms with Crippen molar-refractivity contribution in [3.8, 4) is 5.75 Å². The largest absolute Gasteiger partial charge is 0.496 e. The van der Waals surface area contributed by atoms with E-state index < -0.39 is 15.9 Å². The molecule has 1 aromatic rings. The molecule has 1 aromatic carbocycles. The number of methoxy groups -OCH3 is 1. The third-order valence-electron chi connectivity index (χ3n) is 3.20. The fourth-order valence-electron chi connectivity index (χ4n) is 1.91. The van der Waals surface area contributed by atoms with E-state index in [2.05, 4.69) is 5.32 Å². The molecule has 0 aliphatic carbocycles. The van der Waals surface area contributed by atoms with E-state index in [-0.39, 0.29) is 18.3 Å². The van der Waals surface area contributed by atoms with Gasteiger partial charge in [-0.1, -0.05) is 17.7 Å². The molecule has 0 fully saturated rings. The SMILES string of the molecule is COc1cc(Cl)ccc1CNC(=O)N(C)[C@H](C)CS(C)(=O)=O. The summed E-state index contributed by atoms with van der Waals surface area (Å²) < 4.78 is 27.8. The Kier molecular flexibility index (Phi) is 6.49. The highest BCUT2D eigenvalue weighted by Gasteiger charge is 2.19. The van der Waals surface area contributed by atoms with Gasteiger partial charge in [0.05, 0.1) is 12.9 Å². The summed E-state index contributed by atoms with van der Waals surface area (Å²) in [6.45, 7) is 1.94. The highest BCUT2D eigenvalue weighted by atomic mass is 35.5. The first-order valence-corrected chi connectivity index (χ1v) is 9.08. The zero-order chi connectivity index (χ0) is 16.9. The van der Waals surface area contributed by atoms with Gasteiger partial charge in [-0.25, -0.2) is 13.2 Å². The van der Waals surface area contributed by atoms with Crippen LogP contribution in [0.25, 0.3) is 0 Å². The number of amides is 2. The molecule has 0 radical (unpaired) electrons. The van der Waals surface area contributed by atoms with Crippen LogP contribution in [-0.2, 0) is 16.4 Å². The van der Waals surface area contributed by atoms with Crippen LogP contribution in [0.3, 0.4) is 0 Å². The molecular formula is C14H21ClN2O4S. The third kappa shape index (κ3) is 5.73. The summed E-state index contributed by atoms with van der Waals surface area (Å²) in [6, 6.07) is 4.37. The maximum absolute atomic E-state index is 12.1. The number of nitrogens with one attached hydrogen (secondary N) is 1. The summed E-state index contributed by atoms with van der Waals surface area (Å²) in [7, 11) is -0.0559. The molecule has 0 aliphatic rings. The summed E-state index contributed by atoms with van der Waals surface area (Å²) in [5.41, 5.74) is 0.782. The summed E-state index contributed by atoms with van der Waals surface area (Å²) >= 11 is 5.88. The maximum atomic E-state index is 12.1. The molecule has 1 rings (SSSR count). The van der Waals surface area contributed by atoms with Gasteiger partial charge in [-0.15, -0.1) is 0 Å². The first-order chi connectivity index (χ1) is 10.1. The lowest BCUT2D eigenvalue weighted by Gasteiger charge is -2.24. The first-order valence-electron chi connectivity index (χ1n) is 6.65. The number of rotatable bonds is 6. The summed E-state index contributed by atoms with van der Waals surface area (Å²) in [6.07, 6.45) is 1.15. The number of ether oxygens (including phenoxy) is 1. The van der Waals surface area contributed by atoms with Crippen LogP contribution in [0.4, 0.5) is 4.79 Å². The minimum absolute atomic E-state index is 0.0822. The van der Waals surface area contributed by atoms with Gasteiger partial charge in [-0.05, 0) is 19.1 Å². The van der Waals surface area contributed by atoms with Gasteiger partial charge in [0.15, 0.2) is 0 Å². The van der Waals surface area contributed by atoms with Crippen molar-refractivity contribution in [1.82, 2.24) is 10.2 Å². The van der Waals surface area contributed by atoms with Gasteiger partial charge in [0.2, 0.25) is 0 Å². The zero-order valence-corrected chi connectivity index (χ0v) is 14.7. The van der Waals surface area contributed by atoms with E-state index in [9.17, 15) is 13.2 Å². The van der Waals surface area contributed by atoms with Gasteiger partial charge < -0.3 is 15.0 Å². The van der Waals surface area contributed by atoms with Gasteiger partial charge in [-0.2, -0.15) is 0 Å². The molecule has 124 valence electrons. The van der Waals surface area contributed by atoms with Crippen molar-refractivity contribution in [2.45, 2.75) is 19.5 Å². The molecule has 22 heavy (non-hydrogen) atoms. The number of halogens is 1. The van der Waals surface area contributed by atoms with Crippen molar-refractivity contribution in [3.63, 3.8) is 0 Å². The lowest BCUT2D eigenvalue weighted by atomic mass is 10.2. The van der Waals surface area contributed by atoms with Crippen molar-refractivity contribution in [2.75, 3.05) is 26.2 Å². The number of sulfone groups is 1. The minimum Gasteiger partial charge on any atom is -0.496 e. The summed E-state index contributed by atoms with van der Waals surface area (Å²) in [5, 5.41) is 3.28.